The third kappa shape index (κ3) is 6.98. The van der Waals surface area contributed by atoms with Crippen molar-refractivity contribution in [2.24, 2.45) is 0 Å². The van der Waals surface area contributed by atoms with E-state index >= 15 is 0 Å². The minimum atomic E-state index is 0.936. The van der Waals surface area contributed by atoms with Gasteiger partial charge in [-0.1, -0.05) is 220 Å². The van der Waals surface area contributed by atoms with Crippen molar-refractivity contribution in [2.75, 3.05) is 0 Å². The van der Waals surface area contributed by atoms with E-state index in [0.717, 1.165) is 28.1 Å². The highest BCUT2D eigenvalue weighted by molar-refractivity contribution is 6.23. The molecule has 334 valence electrons. The molecule has 0 saturated carbocycles. The number of rotatable bonds is 6. The third-order valence-corrected chi connectivity index (χ3v) is 14.3. The number of para-hydroxylation sites is 3. The fourth-order valence-electron chi connectivity index (χ4n) is 11.3. The quantitative estimate of drug-likeness (QED) is 0.152. The highest BCUT2D eigenvalue weighted by Crippen LogP contribution is 2.47. The van der Waals surface area contributed by atoms with Gasteiger partial charge in [0.15, 0.2) is 0 Å². The van der Waals surface area contributed by atoms with Gasteiger partial charge in [0.1, 0.15) is 5.82 Å². The molecule has 14 rings (SSSR count). The predicted molar refractivity (Wildman–Crippen MR) is 305 cm³/mol. The van der Waals surface area contributed by atoms with Gasteiger partial charge >= 0.3 is 0 Å². The lowest BCUT2D eigenvalue weighted by atomic mass is 9.84. The van der Waals surface area contributed by atoms with Crippen LogP contribution in [-0.2, 0) is 0 Å². The van der Waals surface area contributed by atoms with Crippen molar-refractivity contribution in [1.82, 2.24) is 9.55 Å². The first kappa shape index (κ1) is 42.0. The fourth-order valence-corrected chi connectivity index (χ4v) is 11.3. The largest absolute Gasteiger partial charge is 0.292 e. The van der Waals surface area contributed by atoms with Crippen LogP contribution in [0.15, 0.2) is 255 Å². The van der Waals surface area contributed by atoms with Crippen LogP contribution in [0, 0.1) is 0 Å². The Kier molecular flexibility index (Phi) is 10.3. The molecular weight excluding hydrogens is 857 g/mol. The summed E-state index contributed by atoms with van der Waals surface area (Å²) in [6.45, 7) is 4.00. The first-order valence-corrected chi connectivity index (χ1v) is 24.8. The Labute approximate surface area is 413 Å². The van der Waals surface area contributed by atoms with E-state index in [1.165, 1.54) is 109 Å². The summed E-state index contributed by atoms with van der Waals surface area (Å²) in [5.74, 6) is 0.936. The molecular formula is C69H48N2. The molecule has 0 aliphatic rings. The zero-order valence-electron chi connectivity index (χ0n) is 39.6. The van der Waals surface area contributed by atoms with Crippen LogP contribution in [0.1, 0.15) is 13.8 Å². The molecule has 2 nitrogen and oxygen atoms in total. The molecule has 1 heterocycles. The summed E-state index contributed by atoms with van der Waals surface area (Å²) in [5, 5.41) is 14.9. The molecule has 1 aromatic heterocycles. The number of benzene rings is 13. The summed E-state index contributed by atoms with van der Waals surface area (Å²) in [6, 6.07) is 93.2. The lowest BCUT2D eigenvalue weighted by Crippen LogP contribution is -1.97. The Morgan fingerprint density at radius 3 is 0.986 bits per heavy atom. The molecule has 14 aromatic rings. The Morgan fingerprint density at radius 2 is 0.577 bits per heavy atom. The Balaban J connectivity index is 0.00000243. The number of aromatic nitrogens is 2. The minimum Gasteiger partial charge on any atom is -0.292 e. The summed E-state index contributed by atoms with van der Waals surface area (Å²) >= 11 is 0. The van der Waals surface area contributed by atoms with Gasteiger partial charge in [-0.25, -0.2) is 4.98 Å². The second-order valence-corrected chi connectivity index (χ2v) is 18.2. The molecule has 71 heavy (non-hydrogen) atoms. The maximum absolute atomic E-state index is 5.16. The average molecular weight is 905 g/mol. The van der Waals surface area contributed by atoms with Crippen molar-refractivity contribution in [2.45, 2.75) is 13.8 Å². The highest BCUT2D eigenvalue weighted by atomic mass is 15.1. The Bertz CT molecular complexity index is 4240. The van der Waals surface area contributed by atoms with Crippen LogP contribution in [0.5, 0.6) is 0 Å². The van der Waals surface area contributed by atoms with Gasteiger partial charge in [-0.05, 0) is 158 Å². The van der Waals surface area contributed by atoms with E-state index < -0.39 is 0 Å². The van der Waals surface area contributed by atoms with Crippen molar-refractivity contribution in [1.29, 1.82) is 0 Å². The van der Waals surface area contributed by atoms with Gasteiger partial charge in [-0.2, -0.15) is 0 Å². The van der Waals surface area contributed by atoms with Gasteiger partial charge in [0.2, 0.25) is 0 Å². The topological polar surface area (TPSA) is 17.8 Å². The van der Waals surface area contributed by atoms with Crippen LogP contribution < -0.4 is 0 Å². The predicted octanol–water partition coefficient (Wildman–Crippen LogP) is 19.3. The first-order chi connectivity index (χ1) is 35.2. The number of imidazole rings is 1. The van der Waals surface area contributed by atoms with Crippen LogP contribution >= 0.6 is 0 Å². The normalized spacial score (nSPS) is 11.5. The number of fused-ring (bicyclic) bond motifs is 7. The SMILES string of the molecule is CC.c1ccc(-c2c3ccccc3c(-c3ccc4cc(-c5c6ccccc6c(-c6ccc7cc(-c8nc9ccccc9n8-c8ccccc8)ccc7c6)c6ccccc56)ccc4c3)c3ccccc23)cc1. The smallest absolute Gasteiger partial charge is 0.145 e. The molecule has 0 atom stereocenters. The molecule has 0 unspecified atom stereocenters. The minimum absolute atomic E-state index is 0.936. The average Bonchev–Trinajstić information content (AvgIpc) is 3.84. The van der Waals surface area contributed by atoms with Gasteiger partial charge in [0, 0.05) is 11.3 Å². The second-order valence-electron chi connectivity index (χ2n) is 18.2. The molecule has 2 heteroatoms. The van der Waals surface area contributed by atoms with Crippen molar-refractivity contribution < 1.29 is 0 Å². The molecule has 13 aromatic carbocycles. The van der Waals surface area contributed by atoms with E-state index in [9.17, 15) is 0 Å². The maximum atomic E-state index is 5.16. The molecule has 0 radical (unpaired) electrons. The summed E-state index contributed by atoms with van der Waals surface area (Å²) in [7, 11) is 0. The zero-order chi connectivity index (χ0) is 47.4. The molecule has 0 aliphatic heterocycles. The van der Waals surface area contributed by atoms with Crippen molar-refractivity contribution >= 4 is 75.7 Å². The summed E-state index contributed by atoms with van der Waals surface area (Å²) in [5.41, 5.74) is 14.2. The standard InChI is InChI=1S/C67H42N2.C2H6/c1-3-17-43(18-4-1)63-53-21-7-9-23-55(53)64(56-24-10-8-22-54(56)63)48-35-31-45-40-49(36-32-44(45)39-48)65-57-25-11-13-27-59(57)66(60-28-14-12-26-58(60)65)50-37-33-47-42-51(38-34-46(47)41-50)67-68-61-29-15-16-30-62(61)69(67)52-19-5-2-6-20-52;1-2/h1-42H;1-2H3. The number of hydrogen-bond acceptors (Lipinski definition) is 1. The Morgan fingerprint density at radius 1 is 0.268 bits per heavy atom. The van der Waals surface area contributed by atoms with Crippen LogP contribution in [0.25, 0.3) is 137 Å². The van der Waals surface area contributed by atoms with E-state index in [1.54, 1.807) is 0 Å². The monoisotopic (exact) mass is 904 g/mol. The van der Waals surface area contributed by atoms with Gasteiger partial charge < -0.3 is 0 Å². The lowest BCUT2D eigenvalue weighted by molar-refractivity contribution is 1.10. The maximum Gasteiger partial charge on any atom is 0.145 e. The molecule has 0 fully saturated rings. The molecule has 0 saturated heterocycles. The Hall–Kier alpha value is -9.11. The number of nitrogens with zero attached hydrogens (tertiary/aromatic N) is 2. The summed E-state index contributed by atoms with van der Waals surface area (Å²) in [4.78, 5) is 5.16. The summed E-state index contributed by atoms with van der Waals surface area (Å²) < 4.78 is 2.27. The lowest BCUT2D eigenvalue weighted by Gasteiger charge is -2.19. The van der Waals surface area contributed by atoms with E-state index in [2.05, 4.69) is 259 Å². The van der Waals surface area contributed by atoms with Crippen molar-refractivity contribution in [3.63, 3.8) is 0 Å². The number of hydrogen-bond donors (Lipinski definition) is 0. The van der Waals surface area contributed by atoms with Gasteiger partial charge in [0.05, 0.1) is 11.0 Å². The highest BCUT2D eigenvalue weighted by Gasteiger charge is 2.20. The van der Waals surface area contributed by atoms with E-state index in [-0.39, 0.29) is 0 Å². The van der Waals surface area contributed by atoms with Crippen LogP contribution in [0.2, 0.25) is 0 Å². The van der Waals surface area contributed by atoms with Gasteiger partial charge in [0.25, 0.3) is 0 Å². The van der Waals surface area contributed by atoms with E-state index in [0.29, 0.717) is 0 Å². The molecule has 0 bridgehead atoms. The molecule has 0 aliphatic carbocycles. The van der Waals surface area contributed by atoms with Crippen LogP contribution in [0.4, 0.5) is 0 Å². The van der Waals surface area contributed by atoms with Crippen LogP contribution in [-0.4, -0.2) is 9.55 Å². The zero-order valence-corrected chi connectivity index (χ0v) is 39.6. The first-order valence-electron chi connectivity index (χ1n) is 24.8. The van der Waals surface area contributed by atoms with E-state index in [1.807, 2.05) is 13.8 Å². The molecule has 0 amide bonds. The van der Waals surface area contributed by atoms with E-state index in [4.69, 9.17) is 4.98 Å². The fraction of sp³-hybridized carbons (Fsp3) is 0.0290. The van der Waals surface area contributed by atoms with Gasteiger partial charge in [-0.15, -0.1) is 0 Å². The molecule has 0 N–H and O–H groups in total. The summed E-state index contributed by atoms with van der Waals surface area (Å²) in [6.07, 6.45) is 0. The van der Waals surface area contributed by atoms with Gasteiger partial charge in [-0.3, -0.25) is 4.57 Å². The van der Waals surface area contributed by atoms with Crippen molar-refractivity contribution in [3.8, 4) is 61.6 Å². The van der Waals surface area contributed by atoms with Crippen LogP contribution in [0.3, 0.4) is 0 Å². The molecule has 0 spiro atoms. The van der Waals surface area contributed by atoms with Crippen molar-refractivity contribution in [3.05, 3.63) is 255 Å². The third-order valence-electron chi connectivity index (χ3n) is 14.3. The second kappa shape index (κ2) is 17.4.